The van der Waals surface area contributed by atoms with Crippen LogP contribution in [0.4, 0.5) is 4.79 Å². The van der Waals surface area contributed by atoms with Crippen LogP contribution in [0.3, 0.4) is 0 Å². The van der Waals surface area contributed by atoms with Crippen molar-refractivity contribution in [3.05, 3.63) is 12.2 Å². The van der Waals surface area contributed by atoms with E-state index in [0.29, 0.717) is 5.92 Å². The Morgan fingerprint density at radius 3 is 2.56 bits per heavy atom. The van der Waals surface area contributed by atoms with Crippen LogP contribution in [0.5, 0.6) is 0 Å². The summed E-state index contributed by atoms with van der Waals surface area (Å²) >= 11 is 0. The standard InChI is InChI=1S/C15H23NO2/c1-5-6-7-8-13-9-11-16(12-10-13)14(17)18-15(2,3)4/h1,6-7,13H,8-12H2,2-4H3. The van der Waals surface area contributed by atoms with Crippen LogP contribution in [0.2, 0.25) is 0 Å². The van der Waals surface area contributed by atoms with Crippen LogP contribution in [-0.2, 0) is 4.74 Å². The van der Waals surface area contributed by atoms with E-state index in [1.807, 2.05) is 26.8 Å². The summed E-state index contributed by atoms with van der Waals surface area (Å²) in [7, 11) is 0. The minimum atomic E-state index is -0.413. The number of allylic oxidation sites excluding steroid dienone is 2. The molecule has 0 N–H and O–H groups in total. The van der Waals surface area contributed by atoms with E-state index in [2.05, 4.69) is 5.92 Å². The maximum Gasteiger partial charge on any atom is 0.410 e. The monoisotopic (exact) mass is 249 g/mol. The van der Waals surface area contributed by atoms with Crippen molar-refractivity contribution in [3.8, 4) is 12.3 Å². The summed E-state index contributed by atoms with van der Waals surface area (Å²) in [6.45, 7) is 7.24. The molecule has 0 aliphatic carbocycles. The van der Waals surface area contributed by atoms with Crippen LogP contribution >= 0.6 is 0 Å². The smallest absolute Gasteiger partial charge is 0.410 e. The second-order valence-corrected chi connectivity index (χ2v) is 5.72. The third-order valence-electron chi connectivity index (χ3n) is 2.95. The Bertz CT molecular complexity index is 338. The Morgan fingerprint density at radius 2 is 2.06 bits per heavy atom. The molecule has 0 aromatic heterocycles. The predicted octanol–water partition coefficient (Wildman–Crippen LogP) is 3.21. The van der Waals surface area contributed by atoms with E-state index < -0.39 is 5.60 Å². The quantitative estimate of drug-likeness (QED) is 0.703. The number of terminal acetylenes is 1. The van der Waals surface area contributed by atoms with Crippen molar-refractivity contribution in [2.75, 3.05) is 13.1 Å². The Balaban J connectivity index is 2.33. The lowest BCUT2D eigenvalue weighted by atomic mass is 9.93. The lowest BCUT2D eigenvalue weighted by Crippen LogP contribution is -2.41. The second kappa shape index (κ2) is 6.49. The fraction of sp³-hybridized carbons (Fsp3) is 0.667. The van der Waals surface area contributed by atoms with Crippen molar-refractivity contribution < 1.29 is 9.53 Å². The average molecular weight is 249 g/mol. The van der Waals surface area contributed by atoms with Gasteiger partial charge in [-0.05, 0) is 52.0 Å². The summed E-state index contributed by atoms with van der Waals surface area (Å²) in [4.78, 5) is 13.6. The molecule has 1 aliphatic heterocycles. The molecule has 0 spiro atoms. The first-order valence-corrected chi connectivity index (χ1v) is 6.51. The molecule has 0 aromatic carbocycles. The van der Waals surface area contributed by atoms with E-state index in [1.165, 1.54) is 0 Å². The summed E-state index contributed by atoms with van der Waals surface area (Å²) in [5.41, 5.74) is -0.413. The van der Waals surface area contributed by atoms with Gasteiger partial charge in [0.15, 0.2) is 0 Å². The van der Waals surface area contributed by atoms with Crippen molar-refractivity contribution in [2.45, 2.75) is 45.6 Å². The van der Waals surface area contributed by atoms with E-state index in [4.69, 9.17) is 11.2 Å². The van der Waals surface area contributed by atoms with Gasteiger partial charge < -0.3 is 9.64 Å². The van der Waals surface area contributed by atoms with E-state index >= 15 is 0 Å². The molecule has 18 heavy (non-hydrogen) atoms. The molecule has 1 aliphatic rings. The van der Waals surface area contributed by atoms with Crippen LogP contribution < -0.4 is 0 Å². The van der Waals surface area contributed by atoms with Gasteiger partial charge >= 0.3 is 6.09 Å². The number of carbonyl (C=O) groups excluding carboxylic acids is 1. The molecule has 1 rings (SSSR count). The molecule has 1 saturated heterocycles. The molecular formula is C15H23NO2. The summed E-state index contributed by atoms with van der Waals surface area (Å²) in [5.74, 6) is 3.13. The first-order valence-electron chi connectivity index (χ1n) is 6.51. The number of hydrogen-bond donors (Lipinski definition) is 0. The molecule has 0 saturated carbocycles. The summed E-state index contributed by atoms with van der Waals surface area (Å²) in [5, 5.41) is 0. The van der Waals surface area contributed by atoms with Crippen LogP contribution in [0.1, 0.15) is 40.0 Å². The number of carbonyl (C=O) groups is 1. The number of piperidine rings is 1. The molecule has 1 amide bonds. The molecule has 3 heteroatoms. The zero-order valence-electron chi connectivity index (χ0n) is 11.6. The van der Waals surface area contributed by atoms with E-state index in [-0.39, 0.29) is 6.09 Å². The van der Waals surface area contributed by atoms with Gasteiger partial charge in [0.25, 0.3) is 0 Å². The highest BCUT2D eigenvalue weighted by atomic mass is 16.6. The Labute approximate surface area is 110 Å². The molecule has 0 atom stereocenters. The fourth-order valence-electron chi connectivity index (χ4n) is 2.01. The van der Waals surface area contributed by atoms with Crippen LogP contribution in [0.25, 0.3) is 0 Å². The first kappa shape index (κ1) is 14.6. The van der Waals surface area contributed by atoms with Gasteiger partial charge in [-0.2, -0.15) is 0 Å². The van der Waals surface area contributed by atoms with Crippen molar-refractivity contribution in [2.24, 2.45) is 5.92 Å². The third kappa shape index (κ3) is 5.27. The molecule has 3 nitrogen and oxygen atoms in total. The van der Waals surface area contributed by atoms with Gasteiger partial charge in [-0.1, -0.05) is 12.0 Å². The van der Waals surface area contributed by atoms with Crippen molar-refractivity contribution in [1.82, 2.24) is 4.90 Å². The van der Waals surface area contributed by atoms with Gasteiger partial charge in [0.2, 0.25) is 0 Å². The van der Waals surface area contributed by atoms with Gasteiger partial charge in [0.05, 0.1) is 0 Å². The summed E-state index contributed by atoms with van der Waals surface area (Å²) in [6.07, 6.45) is 11.8. The normalized spacial score (nSPS) is 17.8. The third-order valence-corrected chi connectivity index (χ3v) is 2.95. The summed E-state index contributed by atoms with van der Waals surface area (Å²) < 4.78 is 5.36. The van der Waals surface area contributed by atoms with Crippen LogP contribution in [0, 0.1) is 18.3 Å². The summed E-state index contributed by atoms with van der Waals surface area (Å²) in [6, 6.07) is 0. The Hall–Kier alpha value is -1.43. The molecule has 0 bridgehead atoms. The minimum Gasteiger partial charge on any atom is -0.444 e. The lowest BCUT2D eigenvalue weighted by Gasteiger charge is -2.33. The van der Waals surface area contributed by atoms with Crippen molar-refractivity contribution in [3.63, 3.8) is 0 Å². The molecule has 100 valence electrons. The van der Waals surface area contributed by atoms with Gasteiger partial charge in [0.1, 0.15) is 5.60 Å². The minimum absolute atomic E-state index is 0.194. The number of rotatable bonds is 2. The largest absolute Gasteiger partial charge is 0.444 e. The highest BCUT2D eigenvalue weighted by molar-refractivity contribution is 5.68. The zero-order valence-corrected chi connectivity index (χ0v) is 11.6. The molecule has 1 heterocycles. The van der Waals surface area contributed by atoms with Crippen molar-refractivity contribution in [1.29, 1.82) is 0 Å². The van der Waals surface area contributed by atoms with Crippen LogP contribution in [-0.4, -0.2) is 29.7 Å². The second-order valence-electron chi connectivity index (χ2n) is 5.72. The predicted molar refractivity (Wildman–Crippen MR) is 73.1 cm³/mol. The number of hydrogen-bond acceptors (Lipinski definition) is 2. The van der Waals surface area contributed by atoms with Gasteiger partial charge in [-0.25, -0.2) is 4.79 Å². The van der Waals surface area contributed by atoms with E-state index in [9.17, 15) is 4.79 Å². The molecule has 0 unspecified atom stereocenters. The topological polar surface area (TPSA) is 29.5 Å². The number of amides is 1. The Kier molecular flexibility index (Phi) is 5.27. The molecule has 1 fully saturated rings. The van der Waals surface area contributed by atoms with E-state index in [0.717, 1.165) is 32.4 Å². The van der Waals surface area contributed by atoms with E-state index in [1.54, 1.807) is 11.0 Å². The van der Waals surface area contributed by atoms with Crippen LogP contribution in [0.15, 0.2) is 12.2 Å². The molecule has 0 radical (unpaired) electrons. The number of nitrogens with zero attached hydrogens (tertiary/aromatic N) is 1. The average Bonchev–Trinajstić information content (AvgIpc) is 2.28. The highest BCUT2D eigenvalue weighted by Crippen LogP contribution is 2.22. The fourth-order valence-corrected chi connectivity index (χ4v) is 2.01. The van der Waals surface area contributed by atoms with Gasteiger partial charge in [-0.3, -0.25) is 0 Å². The maximum absolute atomic E-state index is 11.8. The number of likely N-dealkylation sites (tertiary alicyclic amines) is 1. The number of ether oxygens (including phenoxy) is 1. The van der Waals surface area contributed by atoms with Gasteiger partial charge in [-0.15, -0.1) is 6.42 Å². The SMILES string of the molecule is C#CC=CCC1CCN(C(=O)OC(C)(C)C)CC1. The Morgan fingerprint density at radius 1 is 1.44 bits per heavy atom. The maximum atomic E-state index is 11.8. The van der Waals surface area contributed by atoms with Gasteiger partial charge in [0, 0.05) is 13.1 Å². The first-order chi connectivity index (χ1) is 8.42. The molecule has 0 aromatic rings. The zero-order chi connectivity index (χ0) is 13.6. The highest BCUT2D eigenvalue weighted by Gasteiger charge is 2.26. The lowest BCUT2D eigenvalue weighted by molar-refractivity contribution is 0.0185. The molecular weight excluding hydrogens is 226 g/mol. The van der Waals surface area contributed by atoms with Crippen molar-refractivity contribution >= 4 is 6.09 Å².